The van der Waals surface area contributed by atoms with Gasteiger partial charge in [0.05, 0.1) is 18.9 Å². The maximum absolute atomic E-state index is 12.7. The summed E-state index contributed by atoms with van der Waals surface area (Å²) in [4.78, 5) is 14.5. The Morgan fingerprint density at radius 3 is 2.69 bits per heavy atom. The summed E-state index contributed by atoms with van der Waals surface area (Å²) < 4.78 is 31.4. The van der Waals surface area contributed by atoms with Crippen LogP contribution in [0.3, 0.4) is 0 Å². The van der Waals surface area contributed by atoms with Crippen LogP contribution in [0.5, 0.6) is 0 Å². The Labute approximate surface area is 157 Å². The summed E-state index contributed by atoms with van der Waals surface area (Å²) in [5, 5.41) is 0. The van der Waals surface area contributed by atoms with Crippen LogP contribution < -0.4 is 4.72 Å². The Hall–Kier alpha value is -1.44. The van der Waals surface area contributed by atoms with E-state index in [0.29, 0.717) is 13.2 Å². The number of ether oxygens (including phenoxy) is 1. The molecule has 0 saturated carbocycles. The minimum atomic E-state index is -3.50. The van der Waals surface area contributed by atoms with Gasteiger partial charge in [0.2, 0.25) is 15.9 Å². The SMILES string of the molecule is CCOCCS(=O)(=O)NCC(=O)N1CCCC1C(CC)c1ccccc1. The van der Waals surface area contributed by atoms with Gasteiger partial charge in [0.25, 0.3) is 0 Å². The van der Waals surface area contributed by atoms with Crippen LogP contribution in [0.2, 0.25) is 0 Å². The summed E-state index contributed by atoms with van der Waals surface area (Å²) in [5.74, 6) is -0.00170. The molecule has 0 aromatic heterocycles. The lowest BCUT2D eigenvalue weighted by Gasteiger charge is -2.31. The zero-order valence-electron chi connectivity index (χ0n) is 15.7. The van der Waals surface area contributed by atoms with Gasteiger partial charge >= 0.3 is 0 Å². The van der Waals surface area contributed by atoms with Crippen molar-refractivity contribution in [1.29, 1.82) is 0 Å². The first-order chi connectivity index (χ1) is 12.5. The van der Waals surface area contributed by atoms with Crippen molar-refractivity contribution in [2.75, 3.05) is 32.1 Å². The normalized spacial score (nSPS) is 18.8. The van der Waals surface area contributed by atoms with E-state index in [-0.39, 0.29) is 36.8 Å². The van der Waals surface area contributed by atoms with Crippen molar-refractivity contribution in [3.05, 3.63) is 35.9 Å². The molecule has 26 heavy (non-hydrogen) atoms. The molecule has 1 aromatic carbocycles. The van der Waals surface area contributed by atoms with Crippen LogP contribution in [0, 0.1) is 0 Å². The lowest BCUT2D eigenvalue weighted by molar-refractivity contribution is -0.131. The summed E-state index contributed by atoms with van der Waals surface area (Å²) >= 11 is 0. The molecule has 1 fully saturated rings. The molecule has 2 atom stereocenters. The maximum Gasteiger partial charge on any atom is 0.237 e. The van der Waals surface area contributed by atoms with E-state index in [1.807, 2.05) is 30.0 Å². The highest BCUT2D eigenvalue weighted by molar-refractivity contribution is 7.89. The first-order valence-corrected chi connectivity index (χ1v) is 11.0. The molecule has 1 aromatic rings. The van der Waals surface area contributed by atoms with Crippen LogP contribution in [-0.2, 0) is 19.6 Å². The Bertz CT molecular complexity index is 663. The summed E-state index contributed by atoms with van der Waals surface area (Å²) in [6.45, 7) is 5.06. The number of carbonyl (C=O) groups excluding carboxylic acids is 1. The van der Waals surface area contributed by atoms with E-state index < -0.39 is 10.0 Å². The second-order valence-electron chi connectivity index (χ2n) is 6.56. The van der Waals surface area contributed by atoms with E-state index in [1.54, 1.807) is 0 Å². The van der Waals surface area contributed by atoms with Gasteiger partial charge in [-0.15, -0.1) is 0 Å². The highest BCUT2D eigenvalue weighted by Gasteiger charge is 2.34. The molecule has 1 amide bonds. The molecule has 0 radical (unpaired) electrons. The summed E-state index contributed by atoms with van der Waals surface area (Å²) in [6, 6.07) is 10.4. The number of rotatable bonds is 10. The van der Waals surface area contributed by atoms with Crippen molar-refractivity contribution in [1.82, 2.24) is 9.62 Å². The third kappa shape index (κ3) is 5.79. The molecule has 0 spiro atoms. The van der Waals surface area contributed by atoms with Crippen molar-refractivity contribution < 1.29 is 17.9 Å². The molecule has 6 nitrogen and oxygen atoms in total. The molecule has 1 saturated heterocycles. The fraction of sp³-hybridized carbons (Fsp3) is 0.632. The number of hydrogen-bond donors (Lipinski definition) is 1. The fourth-order valence-electron chi connectivity index (χ4n) is 3.61. The standard InChI is InChI=1S/C19H30N2O4S/c1-3-17(16-9-6-5-7-10-16)18-11-8-12-21(18)19(22)15-20-26(23,24)14-13-25-4-2/h5-7,9-10,17-18,20H,3-4,8,11-15H2,1-2H3. The largest absolute Gasteiger partial charge is 0.381 e. The molecule has 7 heteroatoms. The van der Waals surface area contributed by atoms with Gasteiger partial charge in [-0.3, -0.25) is 4.79 Å². The summed E-state index contributed by atoms with van der Waals surface area (Å²) in [5.41, 5.74) is 1.23. The van der Waals surface area contributed by atoms with Gasteiger partial charge in [-0.2, -0.15) is 0 Å². The van der Waals surface area contributed by atoms with Crippen LogP contribution in [0.1, 0.15) is 44.6 Å². The highest BCUT2D eigenvalue weighted by atomic mass is 32.2. The molecule has 1 N–H and O–H groups in total. The van der Waals surface area contributed by atoms with Crippen molar-refractivity contribution in [3.8, 4) is 0 Å². The predicted octanol–water partition coefficient (Wildman–Crippen LogP) is 2.13. The van der Waals surface area contributed by atoms with Crippen LogP contribution in [-0.4, -0.2) is 57.3 Å². The van der Waals surface area contributed by atoms with E-state index in [0.717, 1.165) is 19.3 Å². The third-order valence-corrected chi connectivity index (χ3v) is 6.18. The smallest absolute Gasteiger partial charge is 0.237 e. The molecule has 1 heterocycles. The molecule has 1 aliphatic rings. The molecule has 1 aliphatic heterocycles. The van der Waals surface area contributed by atoms with Crippen molar-refractivity contribution in [3.63, 3.8) is 0 Å². The van der Waals surface area contributed by atoms with Crippen LogP contribution in [0.15, 0.2) is 30.3 Å². The van der Waals surface area contributed by atoms with E-state index in [9.17, 15) is 13.2 Å². The average Bonchev–Trinajstić information content (AvgIpc) is 3.11. The second kappa shape index (κ2) is 10.0. The molecule has 2 rings (SSSR count). The number of likely N-dealkylation sites (tertiary alicyclic amines) is 1. The first kappa shape index (κ1) is 20.9. The number of nitrogens with one attached hydrogen (secondary N) is 1. The number of sulfonamides is 1. The summed E-state index contributed by atoms with van der Waals surface area (Å²) in [7, 11) is -3.50. The molecular weight excluding hydrogens is 352 g/mol. The van der Waals surface area contributed by atoms with Crippen molar-refractivity contribution in [2.24, 2.45) is 0 Å². The lowest BCUT2D eigenvalue weighted by atomic mass is 9.87. The Balaban J connectivity index is 1.97. The average molecular weight is 383 g/mol. The third-order valence-electron chi connectivity index (χ3n) is 4.90. The quantitative estimate of drug-likeness (QED) is 0.629. The monoisotopic (exact) mass is 382 g/mol. The minimum absolute atomic E-state index is 0.126. The number of amides is 1. The van der Waals surface area contributed by atoms with Gasteiger partial charge in [0.1, 0.15) is 0 Å². The van der Waals surface area contributed by atoms with Gasteiger partial charge < -0.3 is 9.64 Å². The van der Waals surface area contributed by atoms with E-state index in [1.165, 1.54) is 5.56 Å². The highest BCUT2D eigenvalue weighted by Crippen LogP contribution is 2.33. The lowest BCUT2D eigenvalue weighted by Crippen LogP contribution is -2.45. The van der Waals surface area contributed by atoms with Gasteiger partial charge in [0.15, 0.2) is 0 Å². The van der Waals surface area contributed by atoms with Gasteiger partial charge in [-0.05, 0) is 31.7 Å². The number of benzene rings is 1. The number of nitrogens with zero attached hydrogens (tertiary/aromatic N) is 1. The van der Waals surface area contributed by atoms with E-state index >= 15 is 0 Å². The fourth-order valence-corrected chi connectivity index (χ4v) is 4.43. The van der Waals surface area contributed by atoms with Crippen molar-refractivity contribution >= 4 is 15.9 Å². The van der Waals surface area contributed by atoms with Gasteiger partial charge in [-0.1, -0.05) is 37.3 Å². The van der Waals surface area contributed by atoms with Gasteiger partial charge in [-0.25, -0.2) is 13.1 Å². The molecule has 0 bridgehead atoms. The maximum atomic E-state index is 12.7. The topological polar surface area (TPSA) is 75.7 Å². The van der Waals surface area contributed by atoms with Crippen LogP contribution in [0.4, 0.5) is 0 Å². The van der Waals surface area contributed by atoms with Crippen molar-refractivity contribution in [2.45, 2.75) is 45.1 Å². The predicted molar refractivity (Wildman–Crippen MR) is 102 cm³/mol. The number of carbonyl (C=O) groups is 1. The Morgan fingerprint density at radius 1 is 1.31 bits per heavy atom. The molecule has 2 unspecified atom stereocenters. The Morgan fingerprint density at radius 2 is 2.04 bits per heavy atom. The molecule has 146 valence electrons. The zero-order valence-corrected chi connectivity index (χ0v) is 16.5. The van der Waals surface area contributed by atoms with Gasteiger partial charge in [0, 0.05) is 25.1 Å². The minimum Gasteiger partial charge on any atom is -0.381 e. The van der Waals surface area contributed by atoms with E-state index in [2.05, 4.69) is 23.8 Å². The van der Waals surface area contributed by atoms with E-state index in [4.69, 9.17) is 4.74 Å². The Kier molecular flexibility index (Phi) is 8.06. The zero-order chi connectivity index (χ0) is 19.0. The first-order valence-electron chi connectivity index (χ1n) is 9.38. The molecule has 0 aliphatic carbocycles. The second-order valence-corrected chi connectivity index (χ2v) is 8.49. The number of hydrogen-bond acceptors (Lipinski definition) is 4. The summed E-state index contributed by atoms with van der Waals surface area (Å²) in [6.07, 6.45) is 2.85. The van der Waals surface area contributed by atoms with Crippen LogP contribution in [0.25, 0.3) is 0 Å². The van der Waals surface area contributed by atoms with Crippen LogP contribution >= 0.6 is 0 Å². The molecular formula is C19H30N2O4S.